The summed E-state index contributed by atoms with van der Waals surface area (Å²) in [4.78, 5) is 17.8. The molecule has 2 aromatic carbocycles. The molecule has 3 heterocycles. The molecule has 0 saturated carbocycles. The Kier molecular flexibility index (Phi) is 6.24. The van der Waals surface area contributed by atoms with Crippen LogP contribution in [0.4, 0.5) is 5.69 Å². The molecule has 176 valence electrons. The molecule has 1 amide bonds. The third-order valence-electron chi connectivity index (χ3n) is 6.23. The average molecular weight is 478 g/mol. The quantitative estimate of drug-likeness (QED) is 0.362. The molecule has 5 rings (SSSR count). The molecule has 7 heteroatoms. The summed E-state index contributed by atoms with van der Waals surface area (Å²) >= 11 is 6.21. The predicted molar refractivity (Wildman–Crippen MR) is 135 cm³/mol. The minimum atomic E-state index is 0.0174. The lowest BCUT2D eigenvalue weighted by Gasteiger charge is -2.36. The summed E-state index contributed by atoms with van der Waals surface area (Å²) in [7, 11) is 0. The number of rotatable bonds is 6. The van der Waals surface area contributed by atoms with Crippen molar-refractivity contribution in [3.8, 4) is 5.75 Å². The van der Waals surface area contributed by atoms with Gasteiger partial charge in [-0.15, -0.1) is 0 Å². The fourth-order valence-electron chi connectivity index (χ4n) is 4.64. The Morgan fingerprint density at radius 2 is 1.82 bits per heavy atom. The Morgan fingerprint density at radius 3 is 2.59 bits per heavy atom. The molecule has 1 fully saturated rings. The van der Waals surface area contributed by atoms with Crippen LogP contribution in [0, 0.1) is 6.92 Å². The normalized spacial score (nSPS) is 14.1. The molecule has 4 aromatic rings. The zero-order valence-electron chi connectivity index (χ0n) is 19.5. The van der Waals surface area contributed by atoms with Crippen LogP contribution in [0.5, 0.6) is 5.75 Å². The summed E-state index contributed by atoms with van der Waals surface area (Å²) in [5.41, 5.74) is 4.40. The second kappa shape index (κ2) is 9.47. The van der Waals surface area contributed by atoms with Crippen molar-refractivity contribution in [1.29, 1.82) is 0 Å². The summed E-state index contributed by atoms with van der Waals surface area (Å²) < 4.78 is 13.7. The van der Waals surface area contributed by atoms with Gasteiger partial charge < -0.3 is 23.5 Å². The zero-order chi connectivity index (χ0) is 23.7. The molecule has 0 N–H and O–H groups in total. The fourth-order valence-corrected chi connectivity index (χ4v) is 4.85. The lowest BCUT2D eigenvalue weighted by Crippen LogP contribution is -2.49. The van der Waals surface area contributed by atoms with Gasteiger partial charge >= 0.3 is 0 Å². The predicted octanol–water partition coefficient (Wildman–Crippen LogP) is 5.61. The van der Waals surface area contributed by atoms with Crippen LogP contribution in [-0.4, -0.2) is 48.2 Å². The standard InChI is InChI=1S/C27H28ClN3O3/c1-3-33-25-10-5-4-9-22(25)29-11-13-30(14-12-29)27(32)24-17-26-23(15-19(2)34-26)31(24)18-20-7-6-8-21(28)16-20/h4-10,15-17H,3,11-14,18H2,1-2H3. The van der Waals surface area contributed by atoms with Gasteiger partial charge in [-0.1, -0.05) is 35.9 Å². The highest BCUT2D eigenvalue weighted by Gasteiger charge is 2.27. The van der Waals surface area contributed by atoms with Crippen molar-refractivity contribution in [3.63, 3.8) is 0 Å². The molecule has 0 aliphatic carbocycles. The fraction of sp³-hybridized carbons (Fsp3) is 0.296. The Labute approximate surface area is 204 Å². The molecule has 0 spiro atoms. The summed E-state index contributed by atoms with van der Waals surface area (Å²) in [6, 6.07) is 19.7. The van der Waals surface area contributed by atoms with E-state index in [9.17, 15) is 4.79 Å². The average Bonchev–Trinajstić information content (AvgIpc) is 3.36. The summed E-state index contributed by atoms with van der Waals surface area (Å²) in [5, 5.41) is 0.681. The van der Waals surface area contributed by atoms with E-state index in [-0.39, 0.29) is 5.91 Å². The summed E-state index contributed by atoms with van der Waals surface area (Å²) in [5.74, 6) is 1.73. The third kappa shape index (κ3) is 4.38. The highest BCUT2D eigenvalue weighted by molar-refractivity contribution is 6.30. The topological polar surface area (TPSA) is 50.9 Å². The number of fused-ring (bicyclic) bond motifs is 1. The molecule has 1 aliphatic heterocycles. The van der Waals surface area contributed by atoms with E-state index in [1.54, 1.807) is 0 Å². The largest absolute Gasteiger partial charge is 0.492 e. The Hall–Kier alpha value is -3.38. The second-order valence-corrected chi connectivity index (χ2v) is 8.97. The van der Waals surface area contributed by atoms with Crippen LogP contribution in [-0.2, 0) is 6.54 Å². The SMILES string of the molecule is CCOc1ccccc1N1CCN(C(=O)c2cc3oc(C)cc3n2Cc2cccc(Cl)c2)CC1. The van der Waals surface area contributed by atoms with Crippen molar-refractivity contribution in [2.45, 2.75) is 20.4 Å². The van der Waals surface area contributed by atoms with Crippen LogP contribution in [0.15, 0.2) is 65.1 Å². The number of halogens is 1. The van der Waals surface area contributed by atoms with Crippen LogP contribution in [0.2, 0.25) is 5.02 Å². The Bertz CT molecular complexity index is 1320. The summed E-state index contributed by atoms with van der Waals surface area (Å²) in [6.07, 6.45) is 0. The number of para-hydroxylation sites is 2. The highest BCUT2D eigenvalue weighted by Crippen LogP contribution is 2.30. The lowest BCUT2D eigenvalue weighted by atomic mass is 10.2. The van der Waals surface area contributed by atoms with E-state index in [4.69, 9.17) is 20.8 Å². The minimum absolute atomic E-state index is 0.0174. The van der Waals surface area contributed by atoms with Gasteiger partial charge in [-0.2, -0.15) is 0 Å². The van der Waals surface area contributed by atoms with E-state index in [1.807, 2.05) is 77.9 Å². The molecule has 0 radical (unpaired) electrons. The first kappa shape index (κ1) is 22.4. The first-order chi connectivity index (χ1) is 16.5. The number of nitrogens with zero attached hydrogens (tertiary/aromatic N) is 3. The highest BCUT2D eigenvalue weighted by atomic mass is 35.5. The number of carbonyl (C=O) groups excluding carboxylic acids is 1. The van der Waals surface area contributed by atoms with Crippen molar-refractivity contribution in [3.05, 3.63) is 82.7 Å². The van der Waals surface area contributed by atoms with E-state index in [2.05, 4.69) is 11.0 Å². The first-order valence-corrected chi connectivity index (χ1v) is 12.0. The smallest absolute Gasteiger partial charge is 0.270 e. The van der Waals surface area contributed by atoms with Gasteiger partial charge in [0.15, 0.2) is 5.58 Å². The molecule has 0 unspecified atom stereocenters. The van der Waals surface area contributed by atoms with E-state index in [0.29, 0.717) is 37.0 Å². The van der Waals surface area contributed by atoms with Crippen LogP contribution >= 0.6 is 11.6 Å². The van der Waals surface area contributed by atoms with Gasteiger partial charge in [0.05, 0.1) is 17.8 Å². The van der Waals surface area contributed by atoms with Crippen molar-refractivity contribution in [2.24, 2.45) is 0 Å². The molecule has 0 atom stereocenters. The Balaban J connectivity index is 1.38. The van der Waals surface area contributed by atoms with Gasteiger partial charge in [0.1, 0.15) is 17.2 Å². The second-order valence-electron chi connectivity index (χ2n) is 8.53. The molecule has 2 aromatic heterocycles. The van der Waals surface area contributed by atoms with Crippen molar-refractivity contribution >= 4 is 34.3 Å². The van der Waals surface area contributed by atoms with E-state index in [1.165, 1.54) is 0 Å². The molecule has 6 nitrogen and oxygen atoms in total. The molecule has 1 aliphatic rings. The number of aromatic nitrogens is 1. The van der Waals surface area contributed by atoms with Gasteiger partial charge in [0.25, 0.3) is 5.91 Å². The maximum Gasteiger partial charge on any atom is 0.270 e. The number of ether oxygens (including phenoxy) is 1. The van der Waals surface area contributed by atoms with E-state index in [0.717, 1.165) is 46.9 Å². The maximum atomic E-state index is 13.6. The number of amides is 1. The van der Waals surface area contributed by atoms with Crippen LogP contribution in [0.25, 0.3) is 11.1 Å². The number of benzene rings is 2. The molecule has 0 bridgehead atoms. The lowest BCUT2D eigenvalue weighted by molar-refractivity contribution is 0.0736. The van der Waals surface area contributed by atoms with Gasteiger partial charge in [-0.3, -0.25) is 4.79 Å². The first-order valence-electron chi connectivity index (χ1n) is 11.6. The number of piperazine rings is 1. The summed E-state index contributed by atoms with van der Waals surface area (Å²) in [6.45, 7) is 7.86. The maximum absolute atomic E-state index is 13.6. The van der Waals surface area contributed by atoms with Crippen molar-refractivity contribution in [2.75, 3.05) is 37.7 Å². The van der Waals surface area contributed by atoms with E-state index >= 15 is 0 Å². The van der Waals surface area contributed by atoms with Crippen molar-refractivity contribution in [1.82, 2.24) is 9.47 Å². The Morgan fingerprint density at radius 1 is 1.03 bits per heavy atom. The van der Waals surface area contributed by atoms with Crippen LogP contribution < -0.4 is 9.64 Å². The minimum Gasteiger partial charge on any atom is -0.492 e. The van der Waals surface area contributed by atoms with Gasteiger partial charge in [-0.05, 0) is 43.7 Å². The van der Waals surface area contributed by atoms with Crippen LogP contribution in [0.1, 0.15) is 28.7 Å². The number of anilines is 1. The van der Waals surface area contributed by atoms with Gasteiger partial charge in [-0.25, -0.2) is 0 Å². The zero-order valence-corrected chi connectivity index (χ0v) is 20.2. The number of furan rings is 1. The third-order valence-corrected chi connectivity index (χ3v) is 6.47. The number of aryl methyl sites for hydroxylation is 1. The molecular weight excluding hydrogens is 450 g/mol. The van der Waals surface area contributed by atoms with Crippen LogP contribution in [0.3, 0.4) is 0 Å². The van der Waals surface area contributed by atoms with Crippen molar-refractivity contribution < 1.29 is 13.9 Å². The molecular formula is C27H28ClN3O3. The molecule has 1 saturated heterocycles. The van der Waals surface area contributed by atoms with E-state index < -0.39 is 0 Å². The van der Waals surface area contributed by atoms with Gasteiger partial charge in [0.2, 0.25) is 0 Å². The number of hydrogen-bond donors (Lipinski definition) is 0. The molecule has 34 heavy (non-hydrogen) atoms. The number of carbonyl (C=O) groups is 1. The monoisotopic (exact) mass is 477 g/mol. The number of hydrogen-bond acceptors (Lipinski definition) is 4. The van der Waals surface area contributed by atoms with Gasteiger partial charge in [0, 0.05) is 49.9 Å².